The fourth-order valence-electron chi connectivity index (χ4n) is 2.69. The van der Waals surface area contributed by atoms with E-state index in [1.165, 1.54) is 6.07 Å². The molecule has 122 valence electrons. The molecule has 1 unspecified atom stereocenters. The Morgan fingerprint density at radius 3 is 2.83 bits per heavy atom. The van der Waals surface area contributed by atoms with Crippen molar-refractivity contribution in [3.63, 3.8) is 0 Å². The Morgan fingerprint density at radius 1 is 1.26 bits per heavy atom. The summed E-state index contributed by atoms with van der Waals surface area (Å²) in [6.45, 7) is 4.07. The van der Waals surface area contributed by atoms with E-state index in [4.69, 9.17) is 0 Å². The number of hydrogen-bond acceptors (Lipinski definition) is 5. The molecule has 23 heavy (non-hydrogen) atoms. The molecule has 0 bridgehead atoms. The second-order valence-corrected chi connectivity index (χ2v) is 6.93. The second-order valence-electron chi connectivity index (χ2n) is 5.70. The number of aromatic nitrogens is 2. The Balaban J connectivity index is 1.64. The van der Waals surface area contributed by atoms with Gasteiger partial charge in [0.15, 0.2) is 0 Å². The van der Waals surface area contributed by atoms with Gasteiger partial charge >= 0.3 is 0 Å². The Hall–Kier alpha value is -1.82. The van der Waals surface area contributed by atoms with Crippen LogP contribution in [0.5, 0.6) is 0 Å². The lowest BCUT2D eigenvalue weighted by atomic mass is 10.1. The van der Waals surface area contributed by atoms with Crippen LogP contribution in [0, 0.1) is 5.82 Å². The second kappa shape index (κ2) is 7.64. The third kappa shape index (κ3) is 4.34. The lowest BCUT2D eigenvalue weighted by Crippen LogP contribution is -2.33. The Kier molecular flexibility index (Phi) is 5.33. The first kappa shape index (κ1) is 16.1. The normalized spacial score (nSPS) is 16.2. The third-order valence-electron chi connectivity index (χ3n) is 3.87. The van der Waals surface area contributed by atoms with E-state index in [-0.39, 0.29) is 11.9 Å². The molecule has 2 heterocycles. The molecule has 0 saturated carbocycles. The SMILES string of the molecule is CC(Cc1ccccc1F)Nc1cc(N2CCSCC2)ncn1. The zero-order chi connectivity index (χ0) is 16.1. The number of nitrogens with zero attached hydrogens (tertiary/aromatic N) is 3. The minimum absolute atomic E-state index is 0.0894. The molecule has 1 atom stereocenters. The van der Waals surface area contributed by atoms with E-state index >= 15 is 0 Å². The lowest BCUT2D eigenvalue weighted by Gasteiger charge is -2.27. The van der Waals surface area contributed by atoms with Gasteiger partial charge in [-0.2, -0.15) is 11.8 Å². The first-order chi connectivity index (χ1) is 11.2. The minimum Gasteiger partial charge on any atom is -0.367 e. The van der Waals surface area contributed by atoms with Crippen LogP contribution < -0.4 is 10.2 Å². The van der Waals surface area contributed by atoms with Gasteiger partial charge in [0.05, 0.1) is 0 Å². The number of halogens is 1. The van der Waals surface area contributed by atoms with Gasteiger partial charge in [-0.05, 0) is 25.0 Å². The van der Waals surface area contributed by atoms with E-state index in [9.17, 15) is 4.39 Å². The van der Waals surface area contributed by atoms with E-state index in [0.29, 0.717) is 6.42 Å². The summed E-state index contributed by atoms with van der Waals surface area (Å²) in [5.74, 6) is 3.86. The molecule has 1 N–H and O–H groups in total. The third-order valence-corrected chi connectivity index (χ3v) is 4.81. The Labute approximate surface area is 140 Å². The van der Waals surface area contributed by atoms with Crippen molar-refractivity contribution in [1.82, 2.24) is 9.97 Å². The van der Waals surface area contributed by atoms with E-state index < -0.39 is 0 Å². The molecule has 4 nitrogen and oxygen atoms in total. The van der Waals surface area contributed by atoms with Crippen LogP contribution in [0.1, 0.15) is 12.5 Å². The molecule has 0 amide bonds. The van der Waals surface area contributed by atoms with Crippen molar-refractivity contribution in [2.75, 3.05) is 34.8 Å². The van der Waals surface area contributed by atoms with E-state index in [1.54, 1.807) is 12.4 Å². The number of anilines is 2. The minimum atomic E-state index is -0.157. The highest BCUT2D eigenvalue weighted by Crippen LogP contribution is 2.19. The van der Waals surface area contributed by atoms with Gasteiger partial charge < -0.3 is 10.2 Å². The van der Waals surface area contributed by atoms with Crippen molar-refractivity contribution in [3.05, 3.63) is 48.0 Å². The van der Waals surface area contributed by atoms with Crippen molar-refractivity contribution in [2.45, 2.75) is 19.4 Å². The highest BCUT2D eigenvalue weighted by Gasteiger charge is 2.14. The van der Waals surface area contributed by atoms with Crippen LogP contribution in [0.4, 0.5) is 16.0 Å². The molecule has 6 heteroatoms. The van der Waals surface area contributed by atoms with E-state index in [0.717, 1.165) is 41.8 Å². The smallest absolute Gasteiger partial charge is 0.134 e. The fourth-order valence-corrected chi connectivity index (χ4v) is 3.59. The van der Waals surface area contributed by atoms with Gasteiger partial charge in [-0.1, -0.05) is 18.2 Å². The summed E-state index contributed by atoms with van der Waals surface area (Å²) in [4.78, 5) is 10.9. The predicted molar refractivity (Wildman–Crippen MR) is 94.8 cm³/mol. The number of thioether (sulfide) groups is 1. The maximum atomic E-state index is 13.7. The molecule has 0 aliphatic carbocycles. The van der Waals surface area contributed by atoms with Crippen LogP contribution in [0.3, 0.4) is 0 Å². The zero-order valence-electron chi connectivity index (χ0n) is 13.2. The summed E-state index contributed by atoms with van der Waals surface area (Å²) in [5.41, 5.74) is 0.717. The maximum Gasteiger partial charge on any atom is 0.134 e. The average Bonchev–Trinajstić information content (AvgIpc) is 2.58. The average molecular weight is 332 g/mol. The molecule has 1 aromatic heterocycles. The summed E-state index contributed by atoms with van der Waals surface area (Å²) in [6.07, 6.45) is 2.21. The van der Waals surface area contributed by atoms with Crippen molar-refractivity contribution in [1.29, 1.82) is 0 Å². The van der Waals surface area contributed by atoms with Crippen LogP contribution in [-0.4, -0.2) is 40.6 Å². The standard InChI is InChI=1S/C17H21FN4S/c1-13(10-14-4-2-3-5-15(14)18)21-16-11-17(20-12-19-16)22-6-8-23-9-7-22/h2-5,11-13H,6-10H2,1H3,(H,19,20,21). The number of nitrogens with one attached hydrogen (secondary N) is 1. The Bertz CT molecular complexity index is 646. The summed E-state index contributed by atoms with van der Waals surface area (Å²) in [6, 6.07) is 8.97. The fraction of sp³-hybridized carbons (Fsp3) is 0.412. The van der Waals surface area contributed by atoms with Gasteiger partial charge in [-0.25, -0.2) is 14.4 Å². The molecule has 1 fully saturated rings. The van der Waals surface area contributed by atoms with Gasteiger partial charge in [-0.15, -0.1) is 0 Å². The first-order valence-corrected chi connectivity index (χ1v) is 9.02. The molecule has 2 aromatic rings. The number of hydrogen-bond donors (Lipinski definition) is 1. The van der Waals surface area contributed by atoms with Crippen LogP contribution in [0.15, 0.2) is 36.7 Å². The topological polar surface area (TPSA) is 41.0 Å². The molecule has 3 rings (SSSR count). The largest absolute Gasteiger partial charge is 0.367 e. The monoisotopic (exact) mass is 332 g/mol. The van der Waals surface area contributed by atoms with Crippen molar-refractivity contribution in [2.24, 2.45) is 0 Å². The molecule has 1 aliphatic rings. The van der Waals surface area contributed by atoms with Gasteiger partial charge in [0.1, 0.15) is 23.8 Å². The summed E-state index contributed by atoms with van der Waals surface area (Å²) in [7, 11) is 0. The number of benzene rings is 1. The van der Waals surface area contributed by atoms with Gasteiger partial charge in [0.2, 0.25) is 0 Å². The first-order valence-electron chi connectivity index (χ1n) is 7.87. The lowest BCUT2D eigenvalue weighted by molar-refractivity contribution is 0.601. The zero-order valence-corrected chi connectivity index (χ0v) is 14.0. The molecular weight excluding hydrogens is 311 g/mol. The van der Waals surface area contributed by atoms with Crippen LogP contribution >= 0.6 is 11.8 Å². The van der Waals surface area contributed by atoms with Gasteiger partial charge in [-0.3, -0.25) is 0 Å². The molecule has 1 saturated heterocycles. The van der Waals surface area contributed by atoms with Gasteiger partial charge in [0.25, 0.3) is 0 Å². The highest BCUT2D eigenvalue weighted by atomic mass is 32.2. The summed E-state index contributed by atoms with van der Waals surface area (Å²) >= 11 is 1.97. The number of rotatable bonds is 5. The molecule has 1 aliphatic heterocycles. The molecule has 1 aromatic carbocycles. The quantitative estimate of drug-likeness (QED) is 0.910. The van der Waals surface area contributed by atoms with Crippen LogP contribution in [0.25, 0.3) is 0 Å². The molecule has 0 radical (unpaired) electrons. The van der Waals surface area contributed by atoms with Crippen molar-refractivity contribution >= 4 is 23.4 Å². The van der Waals surface area contributed by atoms with Crippen molar-refractivity contribution < 1.29 is 4.39 Å². The highest BCUT2D eigenvalue weighted by molar-refractivity contribution is 7.99. The Morgan fingerprint density at radius 2 is 2.04 bits per heavy atom. The van der Waals surface area contributed by atoms with E-state index in [2.05, 4.69) is 20.2 Å². The molecular formula is C17H21FN4S. The van der Waals surface area contributed by atoms with Crippen LogP contribution in [0.2, 0.25) is 0 Å². The predicted octanol–water partition coefficient (Wildman–Crippen LogP) is 3.21. The summed E-state index contributed by atoms with van der Waals surface area (Å²) < 4.78 is 13.7. The summed E-state index contributed by atoms with van der Waals surface area (Å²) in [5, 5.41) is 3.35. The van der Waals surface area contributed by atoms with E-state index in [1.807, 2.05) is 36.9 Å². The molecule has 0 spiro atoms. The van der Waals surface area contributed by atoms with Crippen LogP contribution in [-0.2, 0) is 6.42 Å². The van der Waals surface area contributed by atoms with Gasteiger partial charge in [0, 0.05) is 36.7 Å². The van der Waals surface area contributed by atoms with Crippen molar-refractivity contribution in [3.8, 4) is 0 Å². The maximum absolute atomic E-state index is 13.7.